The standard InChI is InChI=1S/C11H15N3O5S2/c1-2-19-10(16)8-5-20-11(13-8)14-4-7(3-9(14)15)6-21(12,17)18/h5,7H,2-4,6H2,1H3,(H2,12,17,18). The summed E-state index contributed by atoms with van der Waals surface area (Å²) in [6, 6.07) is 0. The summed E-state index contributed by atoms with van der Waals surface area (Å²) in [4.78, 5) is 28.9. The third-order valence-electron chi connectivity index (χ3n) is 2.88. The maximum Gasteiger partial charge on any atom is 0.357 e. The molecule has 116 valence electrons. The lowest BCUT2D eigenvalue weighted by molar-refractivity contribution is -0.117. The van der Waals surface area contributed by atoms with Crippen molar-refractivity contribution >= 4 is 38.4 Å². The van der Waals surface area contributed by atoms with Gasteiger partial charge < -0.3 is 4.74 Å². The third-order valence-corrected chi connectivity index (χ3v) is 4.68. The summed E-state index contributed by atoms with van der Waals surface area (Å²) in [7, 11) is -3.62. The van der Waals surface area contributed by atoms with Gasteiger partial charge in [-0.2, -0.15) is 0 Å². The zero-order valence-electron chi connectivity index (χ0n) is 11.3. The van der Waals surface area contributed by atoms with Crippen molar-refractivity contribution in [3.63, 3.8) is 0 Å². The van der Waals surface area contributed by atoms with Gasteiger partial charge in [-0.05, 0) is 6.92 Å². The minimum atomic E-state index is -3.62. The smallest absolute Gasteiger partial charge is 0.357 e. The van der Waals surface area contributed by atoms with E-state index in [9.17, 15) is 18.0 Å². The second-order valence-corrected chi connectivity index (χ2v) is 7.14. The Morgan fingerprint density at radius 3 is 2.95 bits per heavy atom. The lowest BCUT2D eigenvalue weighted by Gasteiger charge is -2.12. The van der Waals surface area contributed by atoms with E-state index in [1.54, 1.807) is 6.92 Å². The van der Waals surface area contributed by atoms with E-state index in [1.807, 2.05) is 0 Å². The van der Waals surface area contributed by atoms with Gasteiger partial charge in [-0.25, -0.2) is 23.3 Å². The molecule has 1 aliphatic heterocycles. The molecule has 0 saturated carbocycles. The van der Waals surface area contributed by atoms with E-state index >= 15 is 0 Å². The fraction of sp³-hybridized carbons (Fsp3) is 0.545. The molecule has 2 N–H and O–H groups in total. The van der Waals surface area contributed by atoms with Gasteiger partial charge in [0.05, 0.1) is 12.4 Å². The van der Waals surface area contributed by atoms with E-state index in [2.05, 4.69) is 4.98 Å². The first-order valence-corrected chi connectivity index (χ1v) is 8.83. The first-order chi connectivity index (χ1) is 9.80. The van der Waals surface area contributed by atoms with Gasteiger partial charge in [-0.1, -0.05) is 0 Å². The number of primary sulfonamides is 1. The molecular formula is C11H15N3O5S2. The Labute approximate surface area is 126 Å². The number of sulfonamides is 1. The normalized spacial score (nSPS) is 19.0. The van der Waals surface area contributed by atoms with Crippen LogP contribution in [0, 0.1) is 5.92 Å². The van der Waals surface area contributed by atoms with Crippen LogP contribution in [0.5, 0.6) is 0 Å². The Morgan fingerprint density at radius 1 is 1.62 bits per heavy atom. The Bertz CT molecular complexity index is 655. The van der Waals surface area contributed by atoms with Crippen molar-refractivity contribution in [3.05, 3.63) is 11.1 Å². The van der Waals surface area contributed by atoms with E-state index in [-0.39, 0.29) is 42.8 Å². The largest absolute Gasteiger partial charge is 0.461 e. The van der Waals surface area contributed by atoms with Gasteiger partial charge in [0.2, 0.25) is 15.9 Å². The van der Waals surface area contributed by atoms with Crippen molar-refractivity contribution in [2.45, 2.75) is 13.3 Å². The summed E-state index contributed by atoms with van der Waals surface area (Å²) in [5, 5.41) is 6.86. The number of aromatic nitrogens is 1. The SMILES string of the molecule is CCOC(=O)c1csc(N2CC(CS(N)(=O)=O)CC2=O)n1. The summed E-state index contributed by atoms with van der Waals surface area (Å²) < 4.78 is 27.0. The van der Waals surface area contributed by atoms with Crippen LogP contribution in [0.25, 0.3) is 0 Å². The highest BCUT2D eigenvalue weighted by molar-refractivity contribution is 7.89. The van der Waals surface area contributed by atoms with Gasteiger partial charge in [-0.3, -0.25) is 9.69 Å². The molecule has 0 spiro atoms. The number of esters is 1. The Balaban J connectivity index is 2.09. The van der Waals surface area contributed by atoms with Gasteiger partial charge in [0.1, 0.15) is 0 Å². The highest BCUT2D eigenvalue weighted by atomic mass is 32.2. The molecule has 1 unspecified atom stereocenters. The van der Waals surface area contributed by atoms with Crippen molar-refractivity contribution in [1.82, 2.24) is 4.98 Å². The van der Waals surface area contributed by atoms with Gasteiger partial charge >= 0.3 is 5.97 Å². The highest BCUT2D eigenvalue weighted by Crippen LogP contribution is 2.28. The van der Waals surface area contributed by atoms with Crippen LogP contribution in [0.2, 0.25) is 0 Å². The molecule has 0 radical (unpaired) electrons. The molecule has 2 heterocycles. The molecule has 1 aromatic rings. The Morgan fingerprint density at radius 2 is 2.33 bits per heavy atom. The molecule has 0 aliphatic carbocycles. The van der Waals surface area contributed by atoms with Gasteiger partial charge in [0, 0.05) is 24.3 Å². The van der Waals surface area contributed by atoms with E-state index in [4.69, 9.17) is 9.88 Å². The molecule has 1 aliphatic rings. The summed E-state index contributed by atoms with van der Waals surface area (Å²) in [6.45, 7) is 2.16. The second kappa shape index (κ2) is 6.08. The minimum absolute atomic E-state index is 0.102. The van der Waals surface area contributed by atoms with Gasteiger partial charge in [0.25, 0.3) is 0 Å². The Kier molecular flexibility index (Phi) is 4.59. The van der Waals surface area contributed by atoms with Crippen LogP contribution in [-0.4, -0.2) is 44.2 Å². The molecule has 0 aromatic carbocycles. The molecule has 2 rings (SSSR count). The van der Waals surface area contributed by atoms with Crippen LogP contribution in [0.1, 0.15) is 23.8 Å². The van der Waals surface area contributed by atoms with Crippen molar-refractivity contribution in [3.8, 4) is 0 Å². The first-order valence-electron chi connectivity index (χ1n) is 6.23. The second-order valence-electron chi connectivity index (χ2n) is 4.64. The predicted molar refractivity (Wildman–Crippen MR) is 76.5 cm³/mol. The van der Waals surface area contributed by atoms with Crippen LogP contribution in [0.15, 0.2) is 5.38 Å². The molecule has 0 bridgehead atoms. The number of carbonyl (C=O) groups excluding carboxylic acids is 2. The van der Waals surface area contributed by atoms with E-state index in [0.29, 0.717) is 5.13 Å². The van der Waals surface area contributed by atoms with Crippen molar-refractivity contribution in [2.75, 3.05) is 23.8 Å². The number of rotatable bonds is 5. The fourth-order valence-corrected chi connectivity index (χ4v) is 3.79. The summed E-state index contributed by atoms with van der Waals surface area (Å²) in [6.07, 6.45) is 0.102. The number of thiazole rings is 1. The van der Waals surface area contributed by atoms with Gasteiger partial charge in [0.15, 0.2) is 10.8 Å². The first kappa shape index (κ1) is 15.9. The van der Waals surface area contributed by atoms with E-state index in [1.165, 1.54) is 10.3 Å². The quantitative estimate of drug-likeness (QED) is 0.755. The molecule has 10 heteroatoms. The average molecular weight is 333 g/mol. The number of amides is 1. The van der Waals surface area contributed by atoms with Crippen LogP contribution in [-0.2, 0) is 19.6 Å². The van der Waals surface area contributed by atoms with Crippen LogP contribution in [0.3, 0.4) is 0 Å². The molecule has 1 saturated heterocycles. The summed E-state index contributed by atoms with van der Waals surface area (Å²) in [5.74, 6) is -1.38. The third kappa shape index (κ3) is 3.99. The predicted octanol–water partition coefficient (Wildman–Crippen LogP) is -0.0388. The maximum atomic E-state index is 11.9. The minimum Gasteiger partial charge on any atom is -0.461 e. The maximum absolute atomic E-state index is 11.9. The van der Waals surface area contributed by atoms with Gasteiger partial charge in [-0.15, -0.1) is 11.3 Å². The summed E-state index contributed by atoms with van der Waals surface area (Å²) >= 11 is 1.14. The molecule has 1 amide bonds. The molecule has 1 atom stereocenters. The zero-order valence-corrected chi connectivity index (χ0v) is 12.9. The van der Waals surface area contributed by atoms with Crippen molar-refractivity contribution in [2.24, 2.45) is 11.1 Å². The molecule has 1 fully saturated rings. The number of ether oxygens (including phenoxy) is 1. The topological polar surface area (TPSA) is 120 Å². The number of nitrogens with zero attached hydrogens (tertiary/aromatic N) is 2. The fourth-order valence-electron chi connectivity index (χ4n) is 2.09. The van der Waals surface area contributed by atoms with E-state index < -0.39 is 16.0 Å². The zero-order chi connectivity index (χ0) is 15.6. The monoisotopic (exact) mass is 333 g/mol. The molecule has 8 nitrogen and oxygen atoms in total. The number of carbonyl (C=O) groups is 2. The molecule has 21 heavy (non-hydrogen) atoms. The highest BCUT2D eigenvalue weighted by Gasteiger charge is 2.34. The van der Waals surface area contributed by atoms with Crippen LogP contribution in [0.4, 0.5) is 5.13 Å². The van der Waals surface area contributed by atoms with Crippen LogP contribution < -0.4 is 10.0 Å². The van der Waals surface area contributed by atoms with Crippen LogP contribution >= 0.6 is 11.3 Å². The average Bonchev–Trinajstić information content (AvgIpc) is 2.94. The number of hydrogen-bond acceptors (Lipinski definition) is 7. The molecular weight excluding hydrogens is 318 g/mol. The summed E-state index contributed by atoms with van der Waals surface area (Å²) in [5.41, 5.74) is 0.138. The number of anilines is 1. The number of nitrogens with two attached hydrogens (primary N) is 1. The lowest BCUT2D eigenvalue weighted by Crippen LogP contribution is -2.27. The molecule has 1 aromatic heterocycles. The van der Waals surface area contributed by atoms with E-state index in [0.717, 1.165) is 11.3 Å². The number of hydrogen-bond donors (Lipinski definition) is 1. The Hall–Kier alpha value is -1.52. The van der Waals surface area contributed by atoms with Crippen molar-refractivity contribution < 1.29 is 22.7 Å². The lowest BCUT2D eigenvalue weighted by atomic mass is 10.1. The van der Waals surface area contributed by atoms with Crippen molar-refractivity contribution in [1.29, 1.82) is 0 Å².